The molecule has 0 atom stereocenters. The van der Waals surface area contributed by atoms with Crippen molar-refractivity contribution in [2.75, 3.05) is 10.6 Å². The van der Waals surface area contributed by atoms with Gasteiger partial charge in [-0.3, -0.25) is 14.4 Å². The lowest BCUT2D eigenvalue weighted by atomic mass is 9.59. The van der Waals surface area contributed by atoms with E-state index in [0.29, 0.717) is 33.6 Å². The molecule has 0 unspecified atom stereocenters. The van der Waals surface area contributed by atoms with Crippen LogP contribution in [0.25, 0.3) is 21.5 Å². The van der Waals surface area contributed by atoms with Gasteiger partial charge in [-0.15, -0.1) is 0 Å². The van der Waals surface area contributed by atoms with Crippen LogP contribution in [0.3, 0.4) is 0 Å². The van der Waals surface area contributed by atoms with Gasteiger partial charge in [-0.2, -0.15) is 0 Å². The third-order valence-electron chi connectivity index (χ3n) is 10.4. The zero-order valence-corrected chi connectivity index (χ0v) is 28.5. The summed E-state index contributed by atoms with van der Waals surface area (Å²) < 4.78 is 0. The second kappa shape index (κ2) is 12.9. The maximum atomic E-state index is 14.0. The van der Waals surface area contributed by atoms with Crippen LogP contribution in [0.4, 0.5) is 11.4 Å². The smallest absolute Gasteiger partial charge is 0.256 e. The molecule has 5 nitrogen and oxygen atoms in total. The number of ketones is 1. The molecule has 0 aliphatic heterocycles. The van der Waals surface area contributed by atoms with Crippen molar-refractivity contribution in [2.45, 2.75) is 5.41 Å². The SMILES string of the molecule is O=C1c2ccccc2C(c2ccc(NC(=O)c3cccc4ccccc34)cc2)(c2ccc(NC(=O)c3cccc4ccccc34)cc2)c2ccccc21. The molecule has 8 aromatic rings. The normalized spacial score (nSPS) is 12.9. The Morgan fingerprint density at radius 1 is 0.396 bits per heavy atom. The highest BCUT2D eigenvalue weighted by molar-refractivity contribution is 6.15. The number of fused-ring (bicyclic) bond motifs is 4. The molecule has 0 spiro atoms. The van der Waals surface area contributed by atoms with Crippen LogP contribution in [-0.2, 0) is 5.41 Å². The Morgan fingerprint density at radius 2 is 0.774 bits per heavy atom. The first-order valence-electron chi connectivity index (χ1n) is 17.6. The average Bonchev–Trinajstić information content (AvgIpc) is 3.21. The van der Waals surface area contributed by atoms with E-state index < -0.39 is 5.41 Å². The largest absolute Gasteiger partial charge is 0.322 e. The number of hydrogen-bond donors (Lipinski definition) is 2. The summed E-state index contributed by atoms with van der Waals surface area (Å²) in [5, 5.41) is 9.97. The topological polar surface area (TPSA) is 75.3 Å². The molecule has 252 valence electrons. The van der Waals surface area contributed by atoms with E-state index in [9.17, 15) is 14.4 Å². The van der Waals surface area contributed by atoms with Gasteiger partial charge in [0.25, 0.3) is 11.8 Å². The number of benzene rings is 8. The van der Waals surface area contributed by atoms with Crippen LogP contribution in [0.1, 0.15) is 58.9 Å². The van der Waals surface area contributed by atoms with Gasteiger partial charge in [-0.1, -0.05) is 146 Å². The summed E-state index contributed by atoms with van der Waals surface area (Å²) in [5.74, 6) is -0.404. The average molecular weight is 685 g/mol. The number of hydrogen-bond acceptors (Lipinski definition) is 3. The van der Waals surface area contributed by atoms with Crippen LogP contribution in [0.2, 0.25) is 0 Å². The number of amides is 2. The van der Waals surface area contributed by atoms with Crippen molar-refractivity contribution < 1.29 is 14.4 Å². The van der Waals surface area contributed by atoms with E-state index in [1.807, 2.05) is 182 Å². The molecule has 1 aliphatic carbocycles. The van der Waals surface area contributed by atoms with E-state index in [4.69, 9.17) is 0 Å². The molecule has 53 heavy (non-hydrogen) atoms. The van der Waals surface area contributed by atoms with Crippen LogP contribution in [0.5, 0.6) is 0 Å². The molecule has 0 saturated heterocycles. The number of carbonyl (C=O) groups excluding carboxylic acids is 3. The van der Waals surface area contributed by atoms with Crippen LogP contribution >= 0.6 is 0 Å². The van der Waals surface area contributed by atoms with E-state index in [2.05, 4.69) is 10.6 Å². The highest BCUT2D eigenvalue weighted by atomic mass is 16.2. The van der Waals surface area contributed by atoms with Crippen LogP contribution in [0, 0.1) is 0 Å². The first-order valence-corrected chi connectivity index (χ1v) is 17.6. The highest BCUT2D eigenvalue weighted by Gasteiger charge is 2.46. The fourth-order valence-electron chi connectivity index (χ4n) is 7.95. The van der Waals surface area contributed by atoms with Gasteiger partial charge in [0.2, 0.25) is 0 Å². The predicted octanol–water partition coefficient (Wildman–Crippen LogP) is 10.4. The third kappa shape index (κ3) is 5.29. The zero-order chi connectivity index (χ0) is 35.9. The Morgan fingerprint density at radius 3 is 1.23 bits per heavy atom. The molecule has 0 heterocycles. The fraction of sp³-hybridized carbons (Fsp3) is 0.0208. The van der Waals surface area contributed by atoms with Gasteiger partial charge < -0.3 is 10.6 Å². The molecule has 2 amide bonds. The van der Waals surface area contributed by atoms with Gasteiger partial charge in [0.15, 0.2) is 5.78 Å². The molecule has 2 N–H and O–H groups in total. The Kier molecular flexibility index (Phi) is 7.75. The summed E-state index contributed by atoms with van der Waals surface area (Å²) in [6.07, 6.45) is 0. The molecular weight excluding hydrogens is 653 g/mol. The Bertz CT molecular complexity index is 2530. The zero-order valence-electron chi connectivity index (χ0n) is 28.5. The van der Waals surface area contributed by atoms with E-state index >= 15 is 0 Å². The maximum absolute atomic E-state index is 14.0. The number of nitrogens with one attached hydrogen (secondary N) is 2. The summed E-state index contributed by atoms with van der Waals surface area (Å²) in [5.41, 5.74) is 6.49. The first kappa shape index (κ1) is 31.8. The Labute approximate surface area is 306 Å². The summed E-state index contributed by atoms with van der Waals surface area (Å²) in [7, 11) is 0. The van der Waals surface area contributed by atoms with Gasteiger partial charge in [0, 0.05) is 33.6 Å². The Hall–Kier alpha value is -7.11. The van der Waals surface area contributed by atoms with Crippen LogP contribution in [0.15, 0.2) is 182 Å². The van der Waals surface area contributed by atoms with Crippen molar-refractivity contribution in [1.82, 2.24) is 0 Å². The van der Waals surface area contributed by atoms with Crippen molar-refractivity contribution in [2.24, 2.45) is 0 Å². The number of anilines is 2. The monoisotopic (exact) mass is 684 g/mol. The fourth-order valence-corrected chi connectivity index (χ4v) is 7.95. The summed E-state index contributed by atoms with van der Waals surface area (Å²) in [6, 6.07) is 58.5. The van der Waals surface area contributed by atoms with Crippen molar-refractivity contribution in [3.05, 3.63) is 226 Å². The quantitative estimate of drug-likeness (QED) is 0.183. The van der Waals surface area contributed by atoms with Crippen molar-refractivity contribution in [3.63, 3.8) is 0 Å². The summed E-state index contributed by atoms with van der Waals surface area (Å²) in [4.78, 5) is 41.1. The minimum atomic E-state index is -0.878. The molecule has 0 saturated carbocycles. The molecule has 0 aromatic heterocycles. The van der Waals surface area contributed by atoms with Gasteiger partial charge in [-0.05, 0) is 80.2 Å². The molecule has 0 radical (unpaired) electrons. The van der Waals surface area contributed by atoms with E-state index in [1.165, 1.54) is 0 Å². The second-order valence-corrected chi connectivity index (χ2v) is 13.3. The number of rotatable bonds is 6. The van der Waals surface area contributed by atoms with Gasteiger partial charge in [0.05, 0.1) is 5.41 Å². The second-order valence-electron chi connectivity index (χ2n) is 13.3. The predicted molar refractivity (Wildman–Crippen MR) is 212 cm³/mol. The van der Waals surface area contributed by atoms with Crippen molar-refractivity contribution in [3.8, 4) is 0 Å². The minimum Gasteiger partial charge on any atom is -0.322 e. The van der Waals surface area contributed by atoms with E-state index in [-0.39, 0.29) is 17.6 Å². The number of carbonyl (C=O) groups is 3. The van der Waals surface area contributed by atoms with Crippen LogP contribution < -0.4 is 10.6 Å². The lowest BCUT2D eigenvalue weighted by Gasteiger charge is -2.41. The van der Waals surface area contributed by atoms with E-state index in [0.717, 1.165) is 43.8 Å². The van der Waals surface area contributed by atoms with Gasteiger partial charge in [-0.25, -0.2) is 0 Å². The lowest BCUT2D eigenvalue weighted by Crippen LogP contribution is -2.38. The molecule has 1 aliphatic rings. The minimum absolute atomic E-state index is 0.0234. The molecule has 0 fully saturated rings. The molecule has 0 bridgehead atoms. The van der Waals surface area contributed by atoms with Gasteiger partial charge in [0.1, 0.15) is 0 Å². The molecular formula is C48H32N2O3. The summed E-state index contributed by atoms with van der Waals surface area (Å²) >= 11 is 0. The standard InChI is InChI=1S/C48H32N2O3/c51-45-41-17-5-7-21-43(41)48(44-22-8-6-18-42(44)45,33-23-27-35(28-24-33)49-46(52)39-19-9-13-31-11-1-3-15-37(31)39)34-25-29-36(30-26-34)50-47(53)40-20-10-14-32-12-2-4-16-38(32)40/h1-30H,(H,49,52)(H,50,53). The molecule has 9 rings (SSSR count). The third-order valence-corrected chi connectivity index (χ3v) is 10.4. The molecule has 8 aromatic carbocycles. The van der Waals surface area contributed by atoms with Crippen LogP contribution in [-0.4, -0.2) is 17.6 Å². The Balaban J connectivity index is 1.12. The highest BCUT2D eigenvalue weighted by Crippen LogP contribution is 2.51. The van der Waals surface area contributed by atoms with Crippen molar-refractivity contribution in [1.29, 1.82) is 0 Å². The maximum Gasteiger partial charge on any atom is 0.256 e. The van der Waals surface area contributed by atoms with Crippen molar-refractivity contribution >= 4 is 50.5 Å². The molecule has 5 heteroatoms. The first-order chi connectivity index (χ1) is 26.0. The van der Waals surface area contributed by atoms with E-state index in [1.54, 1.807) is 0 Å². The summed E-state index contributed by atoms with van der Waals surface area (Å²) in [6.45, 7) is 0. The lowest BCUT2D eigenvalue weighted by molar-refractivity contribution is 0.102. The van der Waals surface area contributed by atoms with Gasteiger partial charge >= 0.3 is 0 Å².